The summed E-state index contributed by atoms with van der Waals surface area (Å²) in [6.45, 7) is 0. The van der Waals surface area contributed by atoms with Crippen molar-refractivity contribution in [1.82, 2.24) is 15.0 Å². The van der Waals surface area contributed by atoms with Crippen molar-refractivity contribution in [3.8, 4) is 56.0 Å². The van der Waals surface area contributed by atoms with Crippen molar-refractivity contribution in [2.24, 2.45) is 0 Å². The normalized spacial score (nSPS) is 11.5. The fourth-order valence-corrected chi connectivity index (χ4v) is 6.81. The number of pyridine rings is 3. The molecule has 0 aliphatic rings. The van der Waals surface area contributed by atoms with Crippen LogP contribution in [0.25, 0.3) is 88.3 Å². The van der Waals surface area contributed by atoms with Crippen LogP contribution in [0.1, 0.15) is 0 Å². The Morgan fingerprint density at radius 1 is 0.304 bits per heavy atom. The molecular formula is C43H27N3. The lowest BCUT2D eigenvalue weighted by Gasteiger charge is -2.19. The summed E-state index contributed by atoms with van der Waals surface area (Å²) in [5, 5.41) is 7.58. The number of hydrogen-bond acceptors (Lipinski definition) is 3. The average molecular weight is 586 g/mol. The molecule has 0 N–H and O–H groups in total. The van der Waals surface area contributed by atoms with Crippen LogP contribution in [0.4, 0.5) is 0 Å². The van der Waals surface area contributed by atoms with E-state index in [1.807, 2.05) is 55.0 Å². The van der Waals surface area contributed by atoms with E-state index in [1.165, 1.54) is 49.0 Å². The van der Waals surface area contributed by atoms with Gasteiger partial charge < -0.3 is 0 Å². The van der Waals surface area contributed by atoms with Gasteiger partial charge in [0.1, 0.15) is 0 Å². The van der Waals surface area contributed by atoms with E-state index in [1.54, 1.807) is 0 Å². The molecule has 0 aliphatic carbocycles. The van der Waals surface area contributed by atoms with E-state index in [0.717, 1.165) is 39.3 Å². The van der Waals surface area contributed by atoms with E-state index in [2.05, 4.69) is 114 Å². The first kappa shape index (κ1) is 26.2. The molecule has 0 saturated carbocycles. The fourth-order valence-electron chi connectivity index (χ4n) is 6.81. The predicted octanol–water partition coefficient (Wildman–Crippen LogP) is 11.1. The summed E-state index contributed by atoms with van der Waals surface area (Å²) in [5.74, 6) is 0. The largest absolute Gasteiger partial charge is 0.256 e. The molecule has 3 heterocycles. The number of hydrogen-bond donors (Lipinski definition) is 0. The molecular weight excluding hydrogens is 558 g/mol. The molecule has 0 radical (unpaired) electrons. The zero-order valence-electron chi connectivity index (χ0n) is 24.9. The monoisotopic (exact) mass is 585 g/mol. The highest BCUT2D eigenvalue weighted by molar-refractivity contribution is 6.28. The van der Waals surface area contributed by atoms with Crippen LogP contribution >= 0.6 is 0 Å². The van der Waals surface area contributed by atoms with Crippen LogP contribution in [0.3, 0.4) is 0 Å². The minimum absolute atomic E-state index is 0.935. The van der Waals surface area contributed by atoms with Gasteiger partial charge in [0.15, 0.2) is 0 Å². The first-order valence-electron chi connectivity index (χ1n) is 15.5. The third kappa shape index (κ3) is 4.41. The third-order valence-electron chi connectivity index (χ3n) is 8.97. The molecule has 0 saturated heterocycles. The van der Waals surface area contributed by atoms with Crippen LogP contribution in [0.15, 0.2) is 164 Å². The minimum Gasteiger partial charge on any atom is -0.256 e. The molecule has 0 atom stereocenters. The summed E-state index contributed by atoms with van der Waals surface area (Å²) < 4.78 is 0. The lowest BCUT2D eigenvalue weighted by molar-refractivity contribution is 1.31. The Bertz CT molecular complexity index is 2420. The molecule has 214 valence electrons. The Morgan fingerprint density at radius 3 is 1.30 bits per heavy atom. The van der Waals surface area contributed by atoms with Gasteiger partial charge in [0.25, 0.3) is 0 Å². The van der Waals surface area contributed by atoms with Crippen molar-refractivity contribution < 1.29 is 0 Å². The van der Waals surface area contributed by atoms with Crippen LogP contribution in [0.2, 0.25) is 0 Å². The van der Waals surface area contributed by atoms with Crippen LogP contribution in [-0.4, -0.2) is 15.0 Å². The minimum atomic E-state index is 0.935. The maximum absolute atomic E-state index is 4.72. The lowest BCUT2D eigenvalue weighted by Crippen LogP contribution is -1.93. The van der Waals surface area contributed by atoms with Gasteiger partial charge in [0.05, 0.1) is 17.1 Å². The highest BCUT2D eigenvalue weighted by Gasteiger charge is 2.18. The highest BCUT2D eigenvalue weighted by Crippen LogP contribution is 2.45. The third-order valence-corrected chi connectivity index (χ3v) is 8.97. The molecule has 46 heavy (non-hydrogen) atoms. The van der Waals surface area contributed by atoms with Gasteiger partial charge in [-0.25, -0.2) is 0 Å². The van der Waals surface area contributed by atoms with Crippen LogP contribution in [0, 0.1) is 0 Å². The molecule has 0 unspecified atom stereocenters. The maximum Gasteiger partial charge on any atom is 0.0702 e. The van der Waals surface area contributed by atoms with E-state index in [9.17, 15) is 0 Å². The van der Waals surface area contributed by atoms with Gasteiger partial charge in [-0.1, -0.05) is 84.9 Å². The average Bonchev–Trinajstić information content (AvgIpc) is 3.14. The van der Waals surface area contributed by atoms with E-state index in [0.29, 0.717) is 0 Å². The van der Waals surface area contributed by atoms with E-state index in [4.69, 9.17) is 9.97 Å². The maximum atomic E-state index is 4.72. The molecule has 0 bridgehead atoms. The fraction of sp³-hybridized carbons (Fsp3) is 0. The van der Waals surface area contributed by atoms with E-state index in [-0.39, 0.29) is 0 Å². The molecule has 9 rings (SSSR count). The number of aromatic nitrogens is 3. The lowest BCUT2D eigenvalue weighted by atomic mass is 9.84. The Hall–Kier alpha value is -6.19. The van der Waals surface area contributed by atoms with Gasteiger partial charge in [-0.2, -0.15) is 0 Å². The van der Waals surface area contributed by atoms with Crippen molar-refractivity contribution in [3.63, 3.8) is 0 Å². The first-order chi connectivity index (χ1) is 22.8. The van der Waals surface area contributed by atoms with Gasteiger partial charge >= 0.3 is 0 Å². The molecule has 3 aromatic heterocycles. The molecule has 9 aromatic rings. The number of nitrogens with zero attached hydrogens (tertiary/aromatic N) is 3. The van der Waals surface area contributed by atoms with Crippen LogP contribution in [0.5, 0.6) is 0 Å². The van der Waals surface area contributed by atoms with Crippen molar-refractivity contribution >= 4 is 32.3 Å². The predicted molar refractivity (Wildman–Crippen MR) is 191 cm³/mol. The smallest absolute Gasteiger partial charge is 0.0702 e. The second-order valence-electron chi connectivity index (χ2n) is 11.7. The zero-order chi connectivity index (χ0) is 30.5. The van der Waals surface area contributed by atoms with Crippen molar-refractivity contribution in [2.75, 3.05) is 0 Å². The van der Waals surface area contributed by atoms with Crippen molar-refractivity contribution in [2.45, 2.75) is 0 Å². The number of benzene rings is 6. The molecule has 0 fully saturated rings. The standard InChI is InChI=1S/C43H27N3/c1-4-21-44-39(10-1)29-15-13-28(14-16-29)37-27-38(36-20-18-31-9-7-8-30-17-19-35(37)43(36)42(30)31)32-24-33(40-11-2-5-22-45-40)26-34(25-32)41-12-3-6-23-46-41/h1-27H. The quantitative estimate of drug-likeness (QED) is 0.189. The number of rotatable bonds is 5. The van der Waals surface area contributed by atoms with Crippen molar-refractivity contribution in [1.29, 1.82) is 0 Å². The summed E-state index contributed by atoms with van der Waals surface area (Å²) in [4.78, 5) is 14.0. The summed E-state index contributed by atoms with van der Waals surface area (Å²) >= 11 is 0. The summed E-state index contributed by atoms with van der Waals surface area (Å²) in [7, 11) is 0. The molecule has 3 nitrogen and oxygen atoms in total. The summed E-state index contributed by atoms with van der Waals surface area (Å²) in [6, 6.07) is 51.8. The summed E-state index contributed by atoms with van der Waals surface area (Å²) in [5.41, 5.74) is 10.8. The van der Waals surface area contributed by atoms with Gasteiger partial charge in [-0.05, 0) is 115 Å². The first-order valence-corrected chi connectivity index (χ1v) is 15.5. The zero-order valence-corrected chi connectivity index (χ0v) is 24.9. The molecule has 0 amide bonds. The van der Waals surface area contributed by atoms with Crippen molar-refractivity contribution in [3.05, 3.63) is 164 Å². The van der Waals surface area contributed by atoms with Gasteiger partial charge in [-0.15, -0.1) is 0 Å². The second kappa shape index (κ2) is 10.8. The van der Waals surface area contributed by atoms with Gasteiger partial charge in [-0.3, -0.25) is 15.0 Å². The Balaban J connectivity index is 1.34. The molecule has 3 heteroatoms. The second-order valence-corrected chi connectivity index (χ2v) is 11.7. The van der Waals surface area contributed by atoms with E-state index >= 15 is 0 Å². The molecule has 0 aliphatic heterocycles. The van der Waals surface area contributed by atoms with Crippen LogP contribution < -0.4 is 0 Å². The molecule has 0 spiro atoms. The highest BCUT2D eigenvalue weighted by atomic mass is 14.7. The molecule has 6 aromatic carbocycles. The van der Waals surface area contributed by atoms with E-state index < -0.39 is 0 Å². The Kier molecular flexibility index (Phi) is 6.14. The SMILES string of the molecule is c1ccc(-c2ccc(-c3cc(-c4cc(-c5ccccn5)cc(-c5ccccn5)c4)c4ccc5cccc6ccc3c4c65)cc2)nc1. The topological polar surface area (TPSA) is 38.7 Å². The van der Waals surface area contributed by atoms with Gasteiger partial charge in [0.2, 0.25) is 0 Å². The van der Waals surface area contributed by atoms with Gasteiger partial charge in [0, 0.05) is 35.3 Å². The Labute approximate surface area is 266 Å². The summed E-state index contributed by atoms with van der Waals surface area (Å²) in [6.07, 6.45) is 5.55. The Morgan fingerprint density at radius 2 is 0.783 bits per heavy atom. The van der Waals surface area contributed by atoms with Crippen LogP contribution in [-0.2, 0) is 0 Å².